The van der Waals surface area contributed by atoms with E-state index in [9.17, 15) is 5.11 Å². The second-order valence-corrected chi connectivity index (χ2v) is 8.40. The molecule has 0 bridgehead atoms. The molecule has 4 heterocycles. The molecule has 8 heteroatoms. The highest BCUT2D eigenvalue weighted by Gasteiger charge is 2.19. The summed E-state index contributed by atoms with van der Waals surface area (Å²) in [5.41, 5.74) is 4.32. The minimum atomic E-state index is 0.163. The fourth-order valence-corrected chi connectivity index (χ4v) is 4.41. The number of aryl methyl sites for hydroxylation is 2. The van der Waals surface area contributed by atoms with E-state index in [2.05, 4.69) is 33.3 Å². The van der Waals surface area contributed by atoms with Crippen LogP contribution in [0.25, 0.3) is 33.2 Å². The maximum atomic E-state index is 10.8. The fraction of sp³-hybridized carbons (Fsp3) is 0.318. The van der Waals surface area contributed by atoms with Crippen molar-refractivity contribution in [3.05, 3.63) is 41.2 Å². The Balaban J connectivity index is 1.61. The Morgan fingerprint density at radius 1 is 1.27 bits per heavy atom. The number of pyridine rings is 2. The Morgan fingerprint density at radius 2 is 2.10 bits per heavy atom. The molecule has 1 fully saturated rings. The van der Waals surface area contributed by atoms with Gasteiger partial charge in [0, 0.05) is 60.8 Å². The van der Waals surface area contributed by atoms with Crippen LogP contribution in [0.1, 0.15) is 12.5 Å². The van der Waals surface area contributed by atoms with Gasteiger partial charge in [0.05, 0.1) is 28.1 Å². The van der Waals surface area contributed by atoms with Gasteiger partial charge in [0.15, 0.2) is 5.65 Å². The maximum absolute atomic E-state index is 10.8. The molecule has 1 aromatic carbocycles. The van der Waals surface area contributed by atoms with Gasteiger partial charge in [0.25, 0.3) is 0 Å². The third kappa shape index (κ3) is 3.14. The molecule has 1 aliphatic heterocycles. The van der Waals surface area contributed by atoms with Gasteiger partial charge in [-0.1, -0.05) is 11.6 Å². The first-order valence-corrected chi connectivity index (χ1v) is 10.4. The van der Waals surface area contributed by atoms with Crippen LogP contribution in [0, 0.1) is 6.92 Å². The molecule has 1 aliphatic rings. The number of hydrogen-bond acceptors (Lipinski definition) is 6. The number of halogens is 1. The lowest BCUT2D eigenvalue weighted by Gasteiger charge is -2.33. The van der Waals surface area contributed by atoms with Crippen LogP contribution in [0.3, 0.4) is 0 Å². The number of anilines is 1. The smallest absolute Gasteiger partial charge is 0.161 e. The van der Waals surface area contributed by atoms with Crippen molar-refractivity contribution in [2.45, 2.75) is 19.9 Å². The quantitative estimate of drug-likeness (QED) is 0.513. The summed E-state index contributed by atoms with van der Waals surface area (Å²) in [6.45, 7) is 6.83. The molecule has 1 atom stereocenters. The van der Waals surface area contributed by atoms with Crippen LogP contribution >= 0.6 is 11.6 Å². The van der Waals surface area contributed by atoms with Crippen LogP contribution in [-0.4, -0.2) is 50.5 Å². The van der Waals surface area contributed by atoms with E-state index >= 15 is 0 Å². The predicted octanol–water partition coefficient (Wildman–Crippen LogP) is 3.65. The van der Waals surface area contributed by atoms with Crippen LogP contribution in [0.2, 0.25) is 5.02 Å². The van der Waals surface area contributed by atoms with E-state index < -0.39 is 0 Å². The molecule has 30 heavy (non-hydrogen) atoms. The van der Waals surface area contributed by atoms with Crippen LogP contribution in [0.5, 0.6) is 5.75 Å². The summed E-state index contributed by atoms with van der Waals surface area (Å²) >= 11 is 6.66. The number of phenolic OH excluding ortho intramolecular Hbond substituents is 1. The standard InChI is InChI=1S/C22H23ClN6O/c1-12-10-29(5-4-24-12)15-7-16-18(23)8-19(26-22(16)25-9-15)17-6-14-11-28(3)27-20(14)13(2)21(17)30/h6-9,11-12,24,30H,4-5,10H2,1-3H3. The number of phenols is 1. The molecule has 7 nitrogen and oxygen atoms in total. The van der Waals surface area contributed by atoms with E-state index in [0.717, 1.165) is 47.2 Å². The van der Waals surface area contributed by atoms with Crippen molar-refractivity contribution in [1.82, 2.24) is 25.1 Å². The van der Waals surface area contributed by atoms with Crippen molar-refractivity contribution in [3.63, 3.8) is 0 Å². The van der Waals surface area contributed by atoms with Gasteiger partial charge >= 0.3 is 0 Å². The van der Waals surface area contributed by atoms with Crippen molar-refractivity contribution < 1.29 is 5.11 Å². The Morgan fingerprint density at radius 3 is 2.90 bits per heavy atom. The van der Waals surface area contributed by atoms with Crippen molar-refractivity contribution in [1.29, 1.82) is 0 Å². The summed E-state index contributed by atoms with van der Waals surface area (Å²) in [6.07, 6.45) is 3.77. The Hall–Kier alpha value is -2.90. The third-order valence-electron chi connectivity index (χ3n) is 5.73. The summed E-state index contributed by atoms with van der Waals surface area (Å²) < 4.78 is 1.74. The zero-order chi connectivity index (χ0) is 21.0. The molecule has 5 rings (SSSR count). The number of nitrogens with one attached hydrogen (secondary N) is 1. The molecule has 0 amide bonds. The van der Waals surface area contributed by atoms with Crippen LogP contribution in [-0.2, 0) is 7.05 Å². The number of aromatic hydroxyl groups is 1. The zero-order valence-electron chi connectivity index (χ0n) is 17.1. The molecule has 154 valence electrons. The molecule has 4 aromatic rings. The Bertz CT molecular complexity index is 1280. The molecular formula is C22H23ClN6O. The summed E-state index contributed by atoms with van der Waals surface area (Å²) in [4.78, 5) is 11.6. The fourth-order valence-electron chi connectivity index (χ4n) is 4.17. The number of aromatic nitrogens is 4. The topological polar surface area (TPSA) is 79.1 Å². The molecule has 0 saturated carbocycles. The van der Waals surface area contributed by atoms with Crippen LogP contribution < -0.4 is 10.2 Å². The molecule has 1 saturated heterocycles. The van der Waals surface area contributed by atoms with Gasteiger partial charge < -0.3 is 15.3 Å². The number of hydrogen-bond donors (Lipinski definition) is 2. The zero-order valence-corrected chi connectivity index (χ0v) is 17.9. The van der Waals surface area contributed by atoms with E-state index in [4.69, 9.17) is 16.6 Å². The SMILES string of the molecule is Cc1c(O)c(-c2cc(Cl)c3cc(N4CCNC(C)C4)cnc3n2)cc2cn(C)nc12. The molecule has 2 N–H and O–H groups in total. The Kier molecular flexibility index (Phi) is 4.52. The highest BCUT2D eigenvalue weighted by Crippen LogP contribution is 2.38. The van der Waals surface area contributed by atoms with Crippen LogP contribution in [0.15, 0.2) is 30.6 Å². The van der Waals surface area contributed by atoms with Gasteiger partial charge in [-0.15, -0.1) is 0 Å². The van der Waals surface area contributed by atoms with Gasteiger partial charge in [-0.25, -0.2) is 9.97 Å². The lowest BCUT2D eigenvalue weighted by atomic mass is 10.0. The Labute approximate surface area is 179 Å². The van der Waals surface area contributed by atoms with Crippen molar-refractivity contribution >= 4 is 39.2 Å². The maximum Gasteiger partial charge on any atom is 0.161 e. The van der Waals surface area contributed by atoms with E-state index in [1.165, 1.54) is 0 Å². The number of benzene rings is 1. The highest BCUT2D eigenvalue weighted by atomic mass is 35.5. The molecule has 0 aliphatic carbocycles. The highest BCUT2D eigenvalue weighted by molar-refractivity contribution is 6.35. The van der Waals surface area contributed by atoms with Crippen molar-refractivity contribution in [2.75, 3.05) is 24.5 Å². The predicted molar refractivity (Wildman–Crippen MR) is 120 cm³/mol. The van der Waals surface area contributed by atoms with Gasteiger partial charge in [-0.3, -0.25) is 4.68 Å². The lowest BCUT2D eigenvalue weighted by molar-refractivity contribution is 0.474. The minimum absolute atomic E-state index is 0.163. The first-order valence-electron chi connectivity index (χ1n) is 10.0. The van der Waals surface area contributed by atoms with Crippen molar-refractivity contribution in [3.8, 4) is 17.0 Å². The van der Waals surface area contributed by atoms with Gasteiger partial charge in [0.2, 0.25) is 0 Å². The van der Waals surface area contributed by atoms with Gasteiger partial charge in [-0.2, -0.15) is 5.10 Å². The summed E-state index contributed by atoms with van der Waals surface area (Å²) in [7, 11) is 1.86. The molecule has 3 aromatic heterocycles. The number of nitrogens with zero attached hydrogens (tertiary/aromatic N) is 5. The van der Waals surface area contributed by atoms with E-state index in [1.54, 1.807) is 10.7 Å². The van der Waals surface area contributed by atoms with Gasteiger partial charge in [-0.05, 0) is 32.0 Å². The summed E-state index contributed by atoms with van der Waals surface area (Å²) in [5.74, 6) is 0.163. The number of fused-ring (bicyclic) bond motifs is 2. The first kappa shape index (κ1) is 19.1. The second-order valence-electron chi connectivity index (χ2n) is 7.99. The first-order chi connectivity index (χ1) is 14.4. The summed E-state index contributed by atoms with van der Waals surface area (Å²) in [6, 6.07) is 6.17. The largest absolute Gasteiger partial charge is 0.507 e. The monoisotopic (exact) mass is 422 g/mol. The van der Waals surface area contributed by atoms with E-state index in [0.29, 0.717) is 28.0 Å². The van der Waals surface area contributed by atoms with Crippen molar-refractivity contribution in [2.24, 2.45) is 7.05 Å². The average Bonchev–Trinajstić information content (AvgIpc) is 3.11. The average molecular weight is 423 g/mol. The number of rotatable bonds is 2. The minimum Gasteiger partial charge on any atom is -0.507 e. The summed E-state index contributed by atoms with van der Waals surface area (Å²) in [5, 5.41) is 21.0. The lowest BCUT2D eigenvalue weighted by Crippen LogP contribution is -2.49. The van der Waals surface area contributed by atoms with Crippen LogP contribution in [0.4, 0.5) is 5.69 Å². The molecule has 1 unspecified atom stereocenters. The second kappa shape index (κ2) is 7.11. The molecule has 0 spiro atoms. The van der Waals surface area contributed by atoms with E-state index in [-0.39, 0.29) is 5.75 Å². The van der Waals surface area contributed by atoms with Gasteiger partial charge in [0.1, 0.15) is 5.75 Å². The molecule has 0 radical (unpaired) electrons. The normalized spacial score (nSPS) is 17.2. The molecular weight excluding hydrogens is 400 g/mol. The van der Waals surface area contributed by atoms with E-state index in [1.807, 2.05) is 32.4 Å². The number of piperazine rings is 1. The third-order valence-corrected chi connectivity index (χ3v) is 6.04.